The summed E-state index contributed by atoms with van der Waals surface area (Å²) in [6, 6.07) is 6.68. The fourth-order valence-electron chi connectivity index (χ4n) is 1.34. The van der Waals surface area contributed by atoms with Gasteiger partial charge in [-0.3, -0.25) is 0 Å². The highest BCUT2D eigenvalue weighted by Gasteiger charge is 2.11. The van der Waals surface area contributed by atoms with Gasteiger partial charge >= 0.3 is 0 Å². The van der Waals surface area contributed by atoms with E-state index in [1.54, 1.807) is 35.1 Å². The largest absolute Gasteiger partial charge is 0.508 e. The van der Waals surface area contributed by atoms with Crippen LogP contribution in [-0.2, 0) is 0 Å². The van der Waals surface area contributed by atoms with Crippen LogP contribution in [0.5, 0.6) is 5.75 Å². The fourth-order valence-corrected chi connectivity index (χ4v) is 2.86. The molecular formula is C10H7N5OS2. The van der Waals surface area contributed by atoms with Gasteiger partial charge in [0.05, 0.1) is 5.69 Å². The molecule has 0 saturated carbocycles. The number of rotatable bonds is 3. The van der Waals surface area contributed by atoms with Crippen molar-refractivity contribution in [2.45, 2.75) is 9.50 Å². The Kier molecular flexibility index (Phi) is 2.95. The molecule has 8 heteroatoms. The molecule has 2 aromatic heterocycles. The summed E-state index contributed by atoms with van der Waals surface area (Å²) >= 11 is 2.93. The summed E-state index contributed by atoms with van der Waals surface area (Å²) in [6.45, 7) is 0. The second-order valence-electron chi connectivity index (χ2n) is 3.29. The molecule has 1 N–H and O–H groups in total. The third-order valence-electron chi connectivity index (χ3n) is 2.12. The van der Waals surface area contributed by atoms with Crippen molar-refractivity contribution >= 4 is 23.1 Å². The summed E-state index contributed by atoms with van der Waals surface area (Å²) in [5, 5.41) is 23.3. The van der Waals surface area contributed by atoms with Crippen LogP contribution in [-0.4, -0.2) is 30.3 Å². The normalized spacial score (nSPS) is 10.7. The molecule has 90 valence electrons. The second kappa shape index (κ2) is 4.75. The molecule has 0 radical (unpaired) electrons. The number of tetrazole rings is 1. The van der Waals surface area contributed by atoms with Crippen molar-refractivity contribution in [3.63, 3.8) is 0 Å². The van der Waals surface area contributed by atoms with E-state index >= 15 is 0 Å². The Morgan fingerprint density at radius 3 is 2.78 bits per heavy atom. The van der Waals surface area contributed by atoms with Crippen LogP contribution in [0, 0.1) is 0 Å². The van der Waals surface area contributed by atoms with E-state index in [9.17, 15) is 5.11 Å². The maximum absolute atomic E-state index is 9.26. The lowest BCUT2D eigenvalue weighted by Gasteiger charge is -2.02. The number of nitrogens with zero attached hydrogens (tertiary/aromatic N) is 5. The lowest BCUT2D eigenvalue weighted by molar-refractivity contribution is 0.475. The average Bonchev–Trinajstić information content (AvgIpc) is 3.02. The average molecular weight is 277 g/mol. The van der Waals surface area contributed by atoms with Gasteiger partial charge in [-0.05, 0) is 46.5 Å². The topological polar surface area (TPSA) is 76.7 Å². The van der Waals surface area contributed by atoms with E-state index in [1.807, 2.05) is 5.38 Å². The molecule has 3 rings (SSSR count). The minimum Gasteiger partial charge on any atom is -0.508 e. The highest BCUT2D eigenvalue weighted by molar-refractivity contribution is 8.00. The van der Waals surface area contributed by atoms with Crippen molar-refractivity contribution in [3.8, 4) is 11.4 Å². The molecule has 6 nitrogen and oxygen atoms in total. The molecule has 3 aromatic rings. The van der Waals surface area contributed by atoms with E-state index in [2.05, 4.69) is 20.5 Å². The van der Waals surface area contributed by atoms with Crippen LogP contribution < -0.4 is 0 Å². The summed E-state index contributed by atoms with van der Waals surface area (Å²) in [7, 11) is 0. The Balaban J connectivity index is 1.94. The van der Waals surface area contributed by atoms with E-state index in [0.29, 0.717) is 5.16 Å². The van der Waals surface area contributed by atoms with Crippen LogP contribution in [0.3, 0.4) is 0 Å². The van der Waals surface area contributed by atoms with Crippen molar-refractivity contribution in [2.75, 3.05) is 0 Å². The molecule has 0 fully saturated rings. The molecule has 0 saturated heterocycles. The van der Waals surface area contributed by atoms with Gasteiger partial charge < -0.3 is 5.11 Å². The number of hydrogen-bond donors (Lipinski definition) is 1. The van der Waals surface area contributed by atoms with Gasteiger partial charge in [-0.25, -0.2) is 4.98 Å². The summed E-state index contributed by atoms with van der Waals surface area (Å²) in [5.41, 5.74) is 0.789. The van der Waals surface area contributed by atoms with Crippen LogP contribution >= 0.6 is 23.1 Å². The minimum absolute atomic E-state index is 0.209. The predicted octanol–water partition coefficient (Wildman–Crippen LogP) is 1.98. The molecule has 0 unspecified atom stereocenters. The molecule has 0 aliphatic heterocycles. The molecule has 2 heterocycles. The Labute approximate surface area is 110 Å². The molecule has 0 spiro atoms. The van der Waals surface area contributed by atoms with Crippen molar-refractivity contribution in [2.24, 2.45) is 0 Å². The standard InChI is InChI=1S/C10H7N5OS2/c16-8-3-1-7(2-4-8)15-9(12-13-14-15)18-10-11-5-6-17-10/h1-6,16H. The van der Waals surface area contributed by atoms with Gasteiger partial charge in [-0.2, -0.15) is 4.68 Å². The maximum Gasteiger partial charge on any atom is 0.221 e. The molecule has 0 atom stereocenters. The Hall–Kier alpha value is -1.93. The molecular weight excluding hydrogens is 270 g/mol. The van der Waals surface area contributed by atoms with E-state index < -0.39 is 0 Å². The molecule has 1 aromatic carbocycles. The van der Waals surface area contributed by atoms with Gasteiger partial charge in [0.25, 0.3) is 0 Å². The molecule has 0 aliphatic rings. The fraction of sp³-hybridized carbons (Fsp3) is 0. The van der Waals surface area contributed by atoms with Crippen LogP contribution in [0.25, 0.3) is 5.69 Å². The Bertz CT molecular complexity index is 635. The zero-order valence-electron chi connectivity index (χ0n) is 8.96. The highest BCUT2D eigenvalue weighted by Crippen LogP contribution is 2.28. The zero-order chi connectivity index (χ0) is 12.4. The first-order valence-electron chi connectivity index (χ1n) is 4.98. The van der Waals surface area contributed by atoms with Crippen LogP contribution in [0.15, 0.2) is 45.3 Å². The van der Waals surface area contributed by atoms with Gasteiger partial charge in [0, 0.05) is 11.6 Å². The number of benzene rings is 1. The first-order chi connectivity index (χ1) is 8.83. The number of hydrogen-bond acceptors (Lipinski definition) is 7. The summed E-state index contributed by atoms with van der Waals surface area (Å²) in [5.74, 6) is 0.209. The monoisotopic (exact) mass is 277 g/mol. The first kappa shape index (κ1) is 11.2. The van der Waals surface area contributed by atoms with Gasteiger partial charge in [0.2, 0.25) is 5.16 Å². The number of phenolic OH excluding ortho intramolecular Hbond substituents is 1. The zero-order valence-corrected chi connectivity index (χ0v) is 10.6. The molecule has 18 heavy (non-hydrogen) atoms. The summed E-state index contributed by atoms with van der Waals surface area (Å²) in [6.07, 6.45) is 1.74. The van der Waals surface area contributed by atoms with Crippen LogP contribution in [0.2, 0.25) is 0 Å². The van der Waals surface area contributed by atoms with Gasteiger partial charge in [-0.1, -0.05) is 0 Å². The lowest BCUT2D eigenvalue weighted by Crippen LogP contribution is -1.98. The first-order valence-corrected chi connectivity index (χ1v) is 6.68. The molecule has 0 bridgehead atoms. The summed E-state index contributed by atoms with van der Waals surface area (Å²) < 4.78 is 2.48. The SMILES string of the molecule is Oc1ccc(-n2nnnc2Sc2nccs2)cc1. The highest BCUT2D eigenvalue weighted by atomic mass is 32.2. The van der Waals surface area contributed by atoms with E-state index in [1.165, 1.54) is 23.1 Å². The lowest BCUT2D eigenvalue weighted by atomic mass is 10.3. The van der Waals surface area contributed by atoms with E-state index in [4.69, 9.17) is 0 Å². The summed E-state index contributed by atoms with van der Waals surface area (Å²) in [4.78, 5) is 4.17. The Morgan fingerprint density at radius 2 is 2.06 bits per heavy atom. The number of aromatic hydroxyl groups is 1. The second-order valence-corrected chi connectivity index (χ2v) is 5.40. The quantitative estimate of drug-likeness (QED) is 0.788. The van der Waals surface area contributed by atoms with E-state index in [-0.39, 0.29) is 5.75 Å². The smallest absolute Gasteiger partial charge is 0.221 e. The minimum atomic E-state index is 0.209. The van der Waals surface area contributed by atoms with Crippen LogP contribution in [0.4, 0.5) is 0 Å². The number of aromatic nitrogens is 5. The van der Waals surface area contributed by atoms with Crippen molar-refractivity contribution in [3.05, 3.63) is 35.8 Å². The number of phenols is 1. The van der Waals surface area contributed by atoms with Crippen molar-refractivity contribution < 1.29 is 5.11 Å². The van der Waals surface area contributed by atoms with Gasteiger partial charge in [-0.15, -0.1) is 16.4 Å². The van der Waals surface area contributed by atoms with E-state index in [0.717, 1.165) is 10.0 Å². The third-order valence-corrected chi connectivity index (χ3v) is 3.94. The van der Waals surface area contributed by atoms with Crippen molar-refractivity contribution in [1.82, 2.24) is 25.2 Å². The van der Waals surface area contributed by atoms with Gasteiger partial charge in [0.1, 0.15) is 5.75 Å². The molecule has 0 amide bonds. The van der Waals surface area contributed by atoms with Crippen molar-refractivity contribution in [1.29, 1.82) is 0 Å². The predicted molar refractivity (Wildman–Crippen MR) is 67.1 cm³/mol. The third kappa shape index (κ3) is 2.20. The maximum atomic E-state index is 9.26. The Morgan fingerprint density at radius 1 is 1.22 bits per heavy atom. The molecule has 0 aliphatic carbocycles. The van der Waals surface area contributed by atoms with Gasteiger partial charge in [0.15, 0.2) is 4.34 Å². The van der Waals surface area contributed by atoms with Crippen LogP contribution in [0.1, 0.15) is 0 Å². The number of thiazole rings is 1.